The molecule has 1 unspecified atom stereocenters. The van der Waals surface area contributed by atoms with Crippen molar-refractivity contribution in [1.82, 2.24) is 9.55 Å². The van der Waals surface area contributed by atoms with E-state index in [9.17, 15) is 22.8 Å². The molecular weight excluding hydrogens is 557 g/mol. The fourth-order valence-electron chi connectivity index (χ4n) is 4.04. The van der Waals surface area contributed by atoms with E-state index in [1.807, 2.05) is 49.4 Å². The zero-order valence-corrected chi connectivity index (χ0v) is 22.5. The predicted molar refractivity (Wildman–Crippen MR) is 153 cm³/mol. The van der Waals surface area contributed by atoms with Gasteiger partial charge in [0.1, 0.15) is 11.7 Å². The van der Waals surface area contributed by atoms with Crippen LogP contribution in [0.5, 0.6) is 0 Å². The molecule has 1 heterocycles. The molecule has 0 saturated carbocycles. The maximum Gasteiger partial charge on any atom is 0.432 e. The fraction of sp³-hybridized carbons (Fsp3) is 0.138. The van der Waals surface area contributed by atoms with Gasteiger partial charge in [-0.05, 0) is 42.8 Å². The molecule has 0 bridgehead atoms. The molecule has 0 radical (unpaired) electrons. The van der Waals surface area contributed by atoms with Gasteiger partial charge in [0.25, 0.3) is 5.56 Å². The summed E-state index contributed by atoms with van der Waals surface area (Å²) >= 11 is 6.15. The average Bonchev–Trinajstić information content (AvgIpc) is 2.93. The monoisotopic (exact) mass is 582 g/mol. The second-order valence-electron chi connectivity index (χ2n) is 9.23. The van der Waals surface area contributed by atoms with Crippen molar-refractivity contribution in [3.05, 3.63) is 124 Å². The van der Waals surface area contributed by atoms with Gasteiger partial charge in [-0.25, -0.2) is 10.8 Å². The normalized spacial score (nSPS) is 12.6. The van der Waals surface area contributed by atoms with E-state index < -0.39 is 29.4 Å². The van der Waals surface area contributed by atoms with Gasteiger partial charge < -0.3 is 11.1 Å². The zero-order chi connectivity index (χ0) is 29.7. The predicted octanol–water partition coefficient (Wildman–Crippen LogP) is 5.34. The average molecular weight is 583 g/mol. The number of anilines is 2. The molecular formula is C29H26ClF3N6O2. The SMILES string of the molecule is Cc1ccc(NC(=O)C(Cc2ccccc2)n2cnc(-c3cc(Cl)ccc3N(N)/C=C(\N)C(F)(F)F)cc2=O)cc1. The van der Waals surface area contributed by atoms with E-state index in [2.05, 4.69) is 10.3 Å². The Bertz CT molecular complexity index is 1620. The van der Waals surface area contributed by atoms with Gasteiger partial charge in [-0.1, -0.05) is 59.6 Å². The minimum atomic E-state index is -4.80. The standard InChI is InChI=1S/C29H26ClF3N6O2/c1-18-7-10-21(11-8-18)37-28(41)25(13-19-5-3-2-4-6-19)38-17-36-23(15-27(38)40)22-14-20(30)9-12-24(22)39(35)16-26(34)29(31,32)33/h2-12,14-17,25H,13,34-35H2,1H3,(H,37,41)/b26-16-. The molecule has 41 heavy (non-hydrogen) atoms. The van der Waals surface area contributed by atoms with Crippen LogP contribution < -0.4 is 27.5 Å². The van der Waals surface area contributed by atoms with Gasteiger partial charge in [-0.2, -0.15) is 13.2 Å². The van der Waals surface area contributed by atoms with Gasteiger partial charge >= 0.3 is 6.18 Å². The number of nitrogens with one attached hydrogen (secondary N) is 1. The minimum absolute atomic E-state index is 0.0594. The Labute approximate surface area is 238 Å². The Morgan fingerprint density at radius 1 is 1.10 bits per heavy atom. The van der Waals surface area contributed by atoms with E-state index in [0.29, 0.717) is 16.9 Å². The fourth-order valence-corrected chi connectivity index (χ4v) is 4.21. The summed E-state index contributed by atoms with van der Waals surface area (Å²) in [6, 6.07) is 20.8. The lowest BCUT2D eigenvalue weighted by molar-refractivity contribution is -0.119. The molecule has 0 saturated heterocycles. The third kappa shape index (κ3) is 7.33. The number of hydrogen-bond acceptors (Lipinski definition) is 6. The molecule has 0 aliphatic carbocycles. The first-order valence-electron chi connectivity index (χ1n) is 12.3. The van der Waals surface area contributed by atoms with Crippen LogP contribution in [0.4, 0.5) is 24.5 Å². The first-order chi connectivity index (χ1) is 19.4. The van der Waals surface area contributed by atoms with E-state index in [0.717, 1.165) is 17.2 Å². The highest BCUT2D eigenvalue weighted by atomic mass is 35.5. The van der Waals surface area contributed by atoms with Crippen LogP contribution in [0.1, 0.15) is 17.2 Å². The summed E-state index contributed by atoms with van der Waals surface area (Å²) in [5.41, 5.74) is 5.84. The lowest BCUT2D eigenvalue weighted by atomic mass is 10.0. The van der Waals surface area contributed by atoms with Gasteiger partial charge in [0.2, 0.25) is 5.91 Å². The molecule has 3 aromatic carbocycles. The smallest absolute Gasteiger partial charge is 0.393 e. The van der Waals surface area contributed by atoms with E-state index in [4.69, 9.17) is 23.2 Å². The number of benzene rings is 3. The Morgan fingerprint density at radius 2 is 1.78 bits per heavy atom. The first-order valence-corrected chi connectivity index (χ1v) is 12.7. The van der Waals surface area contributed by atoms with Gasteiger partial charge in [-0.15, -0.1) is 0 Å². The van der Waals surface area contributed by atoms with E-state index >= 15 is 0 Å². The van der Waals surface area contributed by atoms with Crippen LogP contribution in [0, 0.1) is 6.92 Å². The molecule has 1 aromatic heterocycles. The molecule has 4 rings (SSSR count). The van der Waals surface area contributed by atoms with Gasteiger partial charge in [0.05, 0.1) is 17.7 Å². The highest BCUT2D eigenvalue weighted by Crippen LogP contribution is 2.32. The summed E-state index contributed by atoms with van der Waals surface area (Å²) in [5.74, 6) is 5.44. The van der Waals surface area contributed by atoms with Crippen LogP contribution in [0.25, 0.3) is 11.3 Å². The third-order valence-corrected chi connectivity index (χ3v) is 6.42. The number of allylic oxidation sites excluding steroid dienone is 1. The summed E-state index contributed by atoms with van der Waals surface area (Å²) in [4.78, 5) is 31.2. The Morgan fingerprint density at radius 3 is 2.41 bits per heavy atom. The number of carbonyl (C=O) groups is 1. The van der Waals surface area contributed by atoms with Crippen molar-refractivity contribution < 1.29 is 18.0 Å². The molecule has 0 aliphatic rings. The van der Waals surface area contributed by atoms with Crippen molar-refractivity contribution in [3.63, 3.8) is 0 Å². The summed E-state index contributed by atoms with van der Waals surface area (Å²) in [6.45, 7) is 1.92. The molecule has 0 aliphatic heterocycles. The van der Waals surface area contributed by atoms with Crippen LogP contribution in [0.3, 0.4) is 0 Å². The zero-order valence-electron chi connectivity index (χ0n) is 21.8. The largest absolute Gasteiger partial charge is 0.432 e. The molecule has 1 atom stereocenters. The summed E-state index contributed by atoms with van der Waals surface area (Å²) in [7, 11) is 0. The van der Waals surface area contributed by atoms with Gasteiger partial charge in [-0.3, -0.25) is 19.2 Å². The molecule has 12 heteroatoms. The maximum atomic E-state index is 13.4. The molecule has 1 amide bonds. The number of aryl methyl sites for hydroxylation is 1. The Balaban J connectivity index is 1.72. The summed E-state index contributed by atoms with van der Waals surface area (Å²) in [6.07, 6.45) is -2.87. The Hall–Kier alpha value is -4.61. The molecule has 0 fully saturated rings. The van der Waals surface area contributed by atoms with Crippen LogP contribution in [-0.4, -0.2) is 21.6 Å². The first kappa shape index (κ1) is 29.4. The second-order valence-corrected chi connectivity index (χ2v) is 9.67. The van der Waals surface area contributed by atoms with E-state index in [1.165, 1.54) is 29.1 Å². The van der Waals surface area contributed by atoms with Gasteiger partial charge in [0, 0.05) is 35.0 Å². The number of alkyl halides is 3. The third-order valence-electron chi connectivity index (χ3n) is 6.18. The Kier molecular flexibility index (Phi) is 8.80. The van der Waals surface area contributed by atoms with E-state index in [1.54, 1.807) is 12.1 Å². The van der Waals surface area contributed by atoms with Crippen molar-refractivity contribution in [3.8, 4) is 11.3 Å². The maximum absolute atomic E-state index is 13.4. The number of nitrogens with zero attached hydrogens (tertiary/aromatic N) is 3. The van der Waals surface area contributed by atoms with Crippen molar-refractivity contribution in [2.45, 2.75) is 25.6 Å². The molecule has 5 N–H and O–H groups in total. The number of amides is 1. The lowest BCUT2D eigenvalue weighted by Crippen LogP contribution is -2.35. The van der Waals surface area contributed by atoms with Crippen LogP contribution in [0.15, 0.2) is 102 Å². The molecule has 4 aromatic rings. The van der Waals surface area contributed by atoms with Gasteiger partial charge in [0.15, 0.2) is 0 Å². The minimum Gasteiger partial charge on any atom is -0.393 e. The number of nitrogens with two attached hydrogens (primary N) is 2. The van der Waals surface area contributed by atoms with Crippen LogP contribution in [0.2, 0.25) is 5.02 Å². The number of carbonyl (C=O) groups excluding carboxylic acids is 1. The number of aromatic nitrogens is 2. The van der Waals surface area contributed by atoms with Crippen LogP contribution >= 0.6 is 11.6 Å². The van der Waals surface area contributed by atoms with Crippen molar-refractivity contribution in [1.29, 1.82) is 0 Å². The number of rotatable bonds is 8. The highest BCUT2D eigenvalue weighted by molar-refractivity contribution is 6.31. The van der Waals surface area contributed by atoms with Crippen molar-refractivity contribution in [2.24, 2.45) is 11.6 Å². The summed E-state index contributed by atoms with van der Waals surface area (Å²) < 4.78 is 40.1. The number of hydrazine groups is 1. The van der Waals surface area contributed by atoms with Crippen molar-refractivity contribution in [2.75, 3.05) is 10.3 Å². The number of halogens is 4. The summed E-state index contributed by atoms with van der Waals surface area (Å²) in [5, 5.41) is 3.75. The number of hydrogen-bond donors (Lipinski definition) is 3. The second kappa shape index (κ2) is 12.3. The van der Waals surface area contributed by atoms with E-state index in [-0.39, 0.29) is 28.4 Å². The quantitative estimate of drug-likeness (QED) is 0.191. The molecule has 8 nitrogen and oxygen atoms in total. The lowest BCUT2D eigenvalue weighted by Gasteiger charge is -2.21. The molecule has 212 valence electrons. The van der Waals surface area contributed by atoms with Crippen LogP contribution in [-0.2, 0) is 11.2 Å². The molecule has 0 spiro atoms. The highest BCUT2D eigenvalue weighted by Gasteiger charge is 2.32. The topological polar surface area (TPSA) is 119 Å². The van der Waals surface area contributed by atoms with Crippen molar-refractivity contribution >= 4 is 28.9 Å².